The summed E-state index contributed by atoms with van der Waals surface area (Å²) in [6.45, 7) is 1.46. The number of benzene rings is 2. The molecule has 1 fully saturated rings. The van der Waals surface area contributed by atoms with Crippen LogP contribution in [0, 0.1) is 10.1 Å². The van der Waals surface area contributed by atoms with E-state index in [9.17, 15) is 19.7 Å². The lowest BCUT2D eigenvalue weighted by Crippen LogP contribution is -2.45. The lowest BCUT2D eigenvalue weighted by atomic mass is 10.1. The summed E-state index contributed by atoms with van der Waals surface area (Å²) in [6, 6.07) is 17.5. The highest BCUT2D eigenvalue weighted by Crippen LogP contribution is 2.26. The molecular formula is C26H26ClN3O5S. The molecule has 0 aliphatic carbocycles. The number of carbonyl (C=O) groups excluding carboxylic acids is 2. The van der Waals surface area contributed by atoms with Gasteiger partial charge in [-0.05, 0) is 42.0 Å². The summed E-state index contributed by atoms with van der Waals surface area (Å²) in [6.07, 6.45) is 1.47. The number of hydrogen-bond acceptors (Lipinski definition) is 6. The number of nitro groups is 1. The van der Waals surface area contributed by atoms with Crippen molar-refractivity contribution in [3.05, 3.63) is 97.2 Å². The van der Waals surface area contributed by atoms with E-state index in [4.69, 9.17) is 16.3 Å². The van der Waals surface area contributed by atoms with Crippen LogP contribution < -0.4 is 0 Å². The maximum absolute atomic E-state index is 13.6. The number of hydrogen-bond donors (Lipinski definition) is 0. The molecule has 2 amide bonds. The molecule has 0 N–H and O–H groups in total. The molecule has 0 bridgehead atoms. The molecule has 1 saturated heterocycles. The van der Waals surface area contributed by atoms with Crippen LogP contribution in [0.1, 0.15) is 33.6 Å². The molecule has 1 aliphatic heterocycles. The Bertz CT molecular complexity index is 1200. The number of rotatable bonds is 10. The third kappa shape index (κ3) is 6.69. The molecule has 10 heteroatoms. The zero-order valence-corrected chi connectivity index (χ0v) is 21.1. The van der Waals surface area contributed by atoms with E-state index in [0.717, 1.165) is 29.3 Å². The topological polar surface area (TPSA) is 93.0 Å². The standard InChI is InChI=1S/C26H26ClN3O5S/c27-23-11-10-20(14-24(23)30(33)34)26(32)29(16-21-8-4-12-35-21)18-25(31)28(17-22-9-5-13-36-22)15-19-6-2-1-3-7-19/h1-3,5-7,9-11,13-14,21H,4,8,12,15-18H2/t21-/m0/s1. The quantitative estimate of drug-likeness (QED) is 0.268. The smallest absolute Gasteiger partial charge is 0.288 e. The molecule has 1 aromatic heterocycles. The lowest BCUT2D eigenvalue weighted by molar-refractivity contribution is -0.384. The number of thiophene rings is 1. The molecule has 0 unspecified atom stereocenters. The van der Waals surface area contributed by atoms with Gasteiger partial charge in [0.05, 0.1) is 17.6 Å². The number of amides is 2. The van der Waals surface area contributed by atoms with Crippen molar-refractivity contribution in [2.24, 2.45) is 0 Å². The molecule has 0 radical (unpaired) electrons. The predicted octanol–water partition coefficient (Wildman–Crippen LogP) is 5.16. The van der Waals surface area contributed by atoms with Crippen molar-refractivity contribution < 1.29 is 19.2 Å². The van der Waals surface area contributed by atoms with Gasteiger partial charge < -0.3 is 14.5 Å². The number of carbonyl (C=O) groups is 2. The molecule has 8 nitrogen and oxygen atoms in total. The van der Waals surface area contributed by atoms with Gasteiger partial charge in [0.1, 0.15) is 11.6 Å². The summed E-state index contributed by atoms with van der Waals surface area (Å²) in [5.74, 6) is -0.698. The Morgan fingerprint density at radius 1 is 1.08 bits per heavy atom. The molecule has 0 saturated carbocycles. The van der Waals surface area contributed by atoms with Crippen LogP contribution >= 0.6 is 22.9 Å². The number of nitrogens with zero attached hydrogens (tertiary/aromatic N) is 3. The fraction of sp³-hybridized carbons (Fsp3) is 0.308. The first-order chi connectivity index (χ1) is 17.4. The molecule has 0 spiro atoms. The molecule has 2 aromatic carbocycles. The van der Waals surface area contributed by atoms with Gasteiger partial charge in [-0.25, -0.2) is 0 Å². The van der Waals surface area contributed by atoms with Crippen molar-refractivity contribution in [3.8, 4) is 0 Å². The van der Waals surface area contributed by atoms with Crippen LogP contribution in [0.5, 0.6) is 0 Å². The Morgan fingerprint density at radius 2 is 1.89 bits per heavy atom. The van der Waals surface area contributed by atoms with Crippen LogP contribution in [0.3, 0.4) is 0 Å². The monoisotopic (exact) mass is 527 g/mol. The Morgan fingerprint density at radius 3 is 2.56 bits per heavy atom. The fourth-order valence-corrected chi connectivity index (χ4v) is 5.02. The minimum atomic E-state index is -0.628. The zero-order chi connectivity index (χ0) is 25.5. The van der Waals surface area contributed by atoms with Gasteiger partial charge in [-0.15, -0.1) is 11.3 Å². The van der Waals surface area contributed by atoms with E-state index in [0.29, 0.717) is 19.7 Å². The van der Waals surface area contributed by atoms with E-state index in [2.05, 4.69) is 0 Å². The Balaban J connectivity index is 1.58. The van der Waals surface area contributed by atoms with Crippen LogP contribution in [0.15, 0.2) is 66.0 Å². The highest BCUT2D eigenvalue weighted by molar-refractivity contribution is 7.09. The van der Waals surface area contributed by atoms with Gasteiger partial charge in [-0.1, -0.05) is 48.0 Å². The van der Waals surface area contributed by atoms with Gasteiger partial charge in [0.15, 0.2) is 0 Å². The molecular weight excluding hydrogens is 502 g/mol. The van der Waals surface area contributed by atoms with E-state index in [1.807, 2.05) is 47.8 Å². The first-order valence-corrected chi connectivity index (χ1v) is 12.9. The lowest BCUT2D eigenvalue weighted by Gasteiger charge is -2.29. The first kappa shape index (κ1) is 25.8. The van der Waals surface area contributed by atoms with Gasteiger partial charge in [0.25, 0.3) is 11.6 Å². The van der Waals surface area contributed by atoms with Crippen LogP contribution in [-0.2, 0) is 22.6 Å². The molecule has 36 heavy (non-hydrogen) atoms. The predicted molar refractivity (Wildman–Crippen MR) is 138 cm³/mol. The van der Waals surface area contributed by atoms with Gasteiger partial charge in [0.2, 0.25) is 5.91 Å². The fourth-order valence-electron chi connectivity index (χ4n) is 4.11. The van der Waals surface area contributed by atoms with Gasteiger partial charge in [0, 0.05) is 36.2 Å². The molecule has 3 aromatic rings. The van der Waals surface area contributed by atoms with Gasteiger partial charge in [-0.2, -0.15) is 0 Å². The third-order valence-corrected chi connectivity index (χ3v) is 7.13. The first-order valence-electron chi connectivity index (χ1n) is 11.6. The number of nitro benzene ring substituents is 1. The van der Waals surface area contributed by atoms with E-state index >= 15 is 0 Å². The second-order valence-corrected chi connectivity index (χ2v) is 10.00. The highest BCUT2D eigenvalue weighted by Gasteiger charge is 2.28. The summed E-state index contributed by atoms with van der Waals surface area (Å²) in [5.41, 5.74) is 0.729. The average molecular weight is 528 g/mol. The van der Waals surface area contributed by atoms with E-state index in [1.165, 1.54) is 17.0 Å². The molecule has 1 aliphatic rings. The maximum atomic E-state index is 13.6. The van der Waals surface area contributed by atoms with E-state index in [-0.39, 0.29) is 41.4 Å². The molecule has 2 heterocycles. The van der Waals surface area contributed by atoms with Gasteiger partial charge in [-0.3, -0.25) is 19.7 Å². The minimum Gasteiger partial charge on any atom is -0.376 e. The van der Waals surface area contributed by atoms with Crippen molar-refractivity contribution in [1.29, 1.82) is 0 Å². The molecule has 1 atom stereocenters. The summed E-state index contributed by atoms with van der Waals surface area (Å²) in [4.78, 5) is 42.0. The van der Waals surface area contributed by atoms with Gasteiger partial charge >= 0.3 is 0 Å². The Labute approximate surface area is 218 Å². The Kier molecular flexibility index (Phi) is 8.69. The van der Waals surface area contributed by atoms with Crippen molar-refractivity contribution >= 4 is 40.4 Å². The average Bonchev–Trinajstić information content (AvgIpc) is 3.58. The second kappa shape index (κ2) is 12.1. The third-order valence-electron chi connectivity index (χ3n) is 5.95. The Hall–Kier alpha value is -3.27. The summed E-state index contributed by atoms with van der Waals surface area (Å²) < 4.78 is 5.73. The van der Waals surface area contributed by atoms with Crippen LogP contribution in [0.25, 0.3) is 0 Å². The van der Waals surface area contributed by atoms with Crippen molar-refractivity contribution in [2.45, 2.75) is 32.0 Å². The van der Waals surface area contributed by atoms with E-state index in [1.54, 1.807) is 16.2 Å². The van der Waals surface area contributed by atoms with Crippen LogP contribution in [0.4, 0.5) is 5.69 Å². The molecule has 4 rings (SSSR count). The number of ether oxygens (including phenoxy) is 1. The largest absolute Gasteiger partial charge is 0.376 e. The molecule has 188 valence electrons. The zero-order valence-electron chi connectivity index (χ0n) is 19.5. The van der Waals surface area contributed by atoms with Crippen molar-refractivity contribution in [3.63, 3.8) is 0 Å². The minimum absolute atomic E-state index is 0.0525. The summed E-state index contributed by atoms with van der Waals surface area (Å²) >= 11 is 7.50. The maximum Gasteiger partial charge on any atom is 0.288 e. The van der Waals surface area contributed by atoms with Crippen molar-refractivity contribution in [2.75, 3.05) is 19.7 Å². The second-order valence-electron chi connectivity index (χ2n) is 8.56. The highest BCUT2D eigenvalue weighted by atomic mass is 35.5. The van der Waals surface area contributed by atoms with Crippen LogP contribution in [0.2, 0.25) is 5.02 Å². The van der Waals surface area contributed by atoms with Crippen molar-refractivity contribution in [1.82, 2.24) is 9.80 Å². The summed E-state index contributed by atoms with van der Waals surface area (Å²) in [7, 11) is 0. The van der Waals surface area contributed by atoms with E-state index < -0.39 is 10.8 Å². The number of halogens is 1. The SMILES string of the molecule is O=C(CN(C[C@@H]1CCCO1)C(=O)c1ccc(Cl)c([N+](=O)[O-])c1)N(Cc1ccccc1)Cc1cccs1. The summed E-state index contributed by atoms with van der Waals surface area (Å²) in [5, 5.41) is 13.3. The van der Waals surface area contributed by atoms with Crippen LogP contribution in [-0.4, -0.2) is 52.3 Å². The normalized spacial score (nSPS) is 15.0.